The smallest absolute Gasteiger partial charge is 0.310 e. The molecule has 20 heavy (non-hydrogen) atoms. The second kappa shape index (κ2) is 6.52. The molecule has 1 aliphatic rings. The number of anilines is 1. The number of rotatable bonds is 4. The number of amides is 1. The third-order valence-electron chi connectivity index (χ3n) is 3.46. The van der Waals surface area contributed by atoms with E-state index < -0.39 is 0 Å². The van der Waals surface area contributed by atoms with Crippen molar-refractivity contribution in [3.8, 4) is 0 Å². The lowest BCUT2D eigenvalue weighted by molar-refractivity contribution is -0.147. The van der Waals surface area contributed by atoms with Crippen LogP contribution >= 0.6 is 0 Å². The molecular weight excluding hydrogens is 256 g/mol. The van der Waals surface area contributed by atoms with Crippen LogP contribution in [0.1, 0.15) is 25.3 Å². The van der Waals surface area contributed by atoms with E-state index in [2.05, 4.69) is 10.6 Å². The van der Waals surface area contributed by atoms with Gasteiger partial charge in [0.25, 0.3) is 0 Å². The van der Waals surface area contributed by atoms with Gasteiger partial charge in [-0.1, -0.05) is 12.1 Å². The average molecular weight is 276 g/mol. The Morgan fingerprint density at radius 3 is 2.60 bits per heavy atom. The Morgan fingerprint density at radius 1 is 1.30 bits per heavy atom. The molecule has 0 aromatic heterocycles. The molecule has 1 aromatic rings. The quantitative estimate of drug-likeness (QED) is 0.818. The normalized spacial score (nSPS) is 21.5. The van der Waals surface area contributed by atoms with E-state index in [0.717, 1.165) is 17.8 Å². The number of carbonyl (C=O) groups excluding carboxylic acids is 2. The first kappa shape index (κ1) is 14.5. The van der Waals surface area contributed by atoms with Gasteiger partial charge in [-0.25, -0.2) is 0 Å². The second-order valence-corrected chi connectivity index (χ2v) is 4.93. The Balaban J connectivity index is 2.09. The molecule has 5 nitrogen and oxygen atoms in total. The average Bonchev–Trinajstić information content (AvgIpc) is 2.88. The Morgan fingerprint density at radius 2 is 2.00 bits per heavy atom. The highest BCUT2D eigenvalue weighted by Gasteiger charge is 2.34. The number of carbonyl (C=O) groups is 2. The minimum absolute atomic E-state index is 0.0929. The highest BCUT2D eigenvalue weighted by atomic mass is 16.5. The number of esters is 1. The minimum Gasteiger partial charge on any atom is -0.466 e. The summed E-state index contributed by atoms with van der Waals surface area (Å²) in [4.78, 5) is 22.9. The van der Waals surface area contributed by atoms with Gasteiger partial charge in [0.05, 0.1) is 12.5 Å². The Labute approximate surface area is 118 Å². The molecule has 5 heteroatoms. The molecule has 1 heterocycles. The zero-order chi connectivity index (χ0) is 14.5. The largest absolute Gasteiger partial charge is 0.466 e. The van der Waals surface area contributed by atoms with E-state index in [1.54, 1.807) is 0 Å². The van der Waals surface area contributed by atoms with Crippen molar-refractivity contribution >= 4 is 17.6 Å². The zero-order valence-corrected chi connectivity index (χ0v) is 11.8. The first-order valence-corrected chi connectivity index (χ1v) is 6.86. The molecule has 1 fully saturated rings. The molecule has 0 spiro atoms. The number of nitrogens with one attached hydrogen (secondary N) is 2. The maximum atomic E-state index is 11.9. The van der Waals surface area contributed by atoms with Gasteiger partial charge in [0.15, 0.2) is 0 Å². The molecule has 0 radical (unpaired) electrons. The van der Waals surface area contributed by atoms with E-state index in [0.29, 0.717) is 13.2 Å². The van der Waals surface area contributed by atoms with Gasteiger partial charge in [0, 0.05) is 31.6 Å². The van der Waals surface area contributed by atoms with Crippen molar-refractivity contribution in [1.82, 2.24) is 5.32 Å². The molecular formula is C15H20N2O3. The summed E-state index contributed by atoms with van der Waals surface area (Å²) in [6.07, 6.45) is 0. The molecule has 1 amide bonds. The van der Waals surface area contributed by atoms with Crippen LogP contribution in [0.2, 0.25) is 0 Å². The molecule has 2 rings (SSSR count). The van der Waals surface area contributed by atoms with Crippen LogP contribution in [0.4, 0.5) is 5.69 Å². The molecule has 0 unspecified atom stereocenters. The van der Waals surface area contributed by atoms with Crippen molar-refractivity contribution in [3.05, 3.63) is 29.8 Å². The highest BCUT2D eigenvalue weighted by molar-refractivity contribution is 5.88. The first-order chi connectivity index (χ1) is 9.61. The number of hydrogen-bond donors (Lipinski definition) is 2. The summed E-state index contributed by atoms with van der Waals surface area (Å²) in [7, 11) is 0. The summed E-state index contributed by atoms with van der Waals surface area (Å²) in [6.45, 7) is 5.12. The molecule has 0 bridgehead atoms. The molecule has 1 saturated heterocycles. The Kier molecular flexibility index (Phi) is 4.74. The molecule has 2 atom stereocenters. The highest BCUT2D eigenvalue weighted by Crippen LogP contribution is 2.29. The van der Waals surface area contributed by atoms with E-state index in [1.807, 2.05) is 31.2 Å². The van der Waals surface area contributed by atoms with Crippen LogP contribution < -0.4 is 10.6 Å². The van der Waals surface area contributed by atoms with Gasteiger partial charge in [-0.05, 0) is 24.6 Å². The van der Waals surface area contributed by atoms with Gasteiger partial charge in [-0.3, -0.25) is 9.59 Å². The van der Waals surface area contributed by atoms with Crippen LogP contribution in [-0.4, -0.2) is 31.6 Å². The number of benzene rings is 1. The molecule has 2 N–H and O–H groups in total. The van der Waals surface area contributed by atoms with Crippen LogP contribution in [0.15, 0.2) is 24.3 Å². The summed E-state index contributed by atoms with van der Waals surface area (Å²) in [5.41, 5.74) is 1.85. The lowest BCUT2D eigenvalue weighted by Crippen LogP contribution is -2.24. The second-order valence-electron chi connectivity index (χ2n) is 4.93. The van der Waals surface area contributed by atoms with E-state index in [-0.39, 0.29) is 23.7 Å². The third-order valence-corrected chi connectivity index (χ3v) is 3.46. The Hall–Kier alpha value is -1.88. The lowest BCUT2D eigenvalue weighted by Gasteiger charge is -2.17. The van der Waals surface area contributed by atoms with Crippen LogP contribution in [0.3, 0.4) is 0 Å². The predicted octanol–water partition coefficient (Wildman–Crippen LogP) is 1.51. The summed E-state index contributed by atoms with van der Waals surface area (Å²) >= 11 is 0. The van der Waals surface area contributed by atoms with Gasteiger partial charge in [-0.2, -0.15) is 0 Å². The van der Waals surface area contributed by atoms with E-state index >= 15 is 0 Å². The van der Waals surface area contributed by atoms with Crippen molar-refractivity contribution in [2.75, 3.05) is 25.0 Å². The summed E-state index contributed by atoms with van der Waals surface area (Å²) in [6, 6.07) is 7.62. The first-order valence-electron chi connectivity index (χ1n) is 6.86. The van der Waals surface area contributed by atoms with Crippen LogP contribution in [-0.2, 0) is 14.3 Å². The fraction of sp³-hybridized carbons (Fsp3) is 0.467. The number of hydrogen-bond acceptors (Lipinski definition) is 4. The van der Waals surface area contributed by atoms with Crippen molar-refractivity contribution < 1.29 is 14.3 Å². The van der Waals surface area contributed by atoms with Gasteiger partial charge in [-0.15, -0.1) is 0 Å². The summed E-state index contributed by atoms with van der Waals surface area (Å²) in [5, 5.41) is 5.97. The summed E-state index contributed by atoms with van der Waals surface area (Å²) in [5.74, 6) is -0.250. The molecule has 0 aliphatic carbocycles. The van der Waals surface area contributed by atoms with Gasteiger partial charge < -0.3 is 15.4 Å². The topological polar surface area (TPSA) is 67.4 Å². The van der Waals surface area contributed by atoms with Crippen molar-refractivity contribution in [2.24, 2.45) is 5.92 Å². The standard InChI is InChI=1S/C15H20N2O3/c1-3-20-15(19)14-9-16-8-13(14)11-4-6-12(7-5-11)17-10(2)18/h4-7,13-14,16H,3,8-9H2,1-2H3,(H,17,18)/t13-,14+/m0/s1. The SMILES string of the molecule is CCOC(=O)[C@@H]1CNC[C@H]1c1ccc(NC(C)=O)cc1. The fourth-order valence-corrected chi connectivity index (χ4v) is 2.54. The van der Waals surface area contributed by atoms with Gasteiger partial charge in [0.2, 0.25) is 5.91 Å². The van der Waals surface area contributed by atoms with Crippen molar-refractivity contribution in [3.63, 3.8) is 0 Å². The summed E-state index contributed by atoms with van der Waals surface area (Å²) < 4.78 is 5.12. The maximum Gasteiger partial charge on any atom is 0.310 e. The van der Waals surface area contributed by atoms with Crippen molar-refractivity contribution in [2.45, 2.75) is 19.8 Å². The van der Waals surface area contributed by atoms with E-state index in [1.165, 1.54) is 6.92 Å². The Bertz CT molecular complexity index is 484. The van der Waals surface area contributed by atoms with Gasteiger partial charge in [0.1, 0.15) is 0 Å². The zero-order valence-electron chi connectivity index (χ0n) is 11.8. The van der Waals surface area contributed by atoms with Gasteiger partial charge >= 0.3 is 5.97 Å². The third kappa shape index (κ3) is 3.36. The molecule has 1 aromatic carbocycles. The van der Waals surface area contributed by atoms with Crippen molar-refractivity contribution in [1.29, 1.82) is 0 Å². The maximum absolute atomic E-state index is 11.9. The van der Waals surface area contributed by atoms with Crippen LogP contribution in [0.25, 0.3) is 0 Å². The minimum atomic E-state index is -0.145. The predicted molar refractivity (Wildman–Crippen MR) is 76.5 cm³/mol. The van der Waals surface area contributed by atoms with E-state index in [9.17, 15) is 9.59 Å². The monoisotopic (exact) mass is 276 g/mol. The number of ether oxygens (including phenoxy) is 1. The van der Waals surface area contributed by atoms with Crippen LogP contribution in [0.5, 0.6) is 0 Å². The lowest BCUT2D eigenvalue weighted by atomic mass is 9.89. The van der Waals surface area contributed by atoms with E-state index in [4.69, 9.17) is 4.74 Å². The van der Waals surface area contributed by atoms with Crippen LogP contribution in [0, 0.1) is 5.92 Å². The fourth-order valence-electron chi connectivity index (χ4n) is 2.54. The molecule has 0 saturated carbocycles. The molecule has 108 valence electrons. The molecule has 1 aliphatic heterocycles.